The van der Waals surface area contributed by atoms with Crippen molar-refractivity contribution in [3.05, 3.63) is 52.6 Å². The first kappa shape index (κ1) is 16.9. The van der Waals surface area contributed by atoms with Crippen molar-refractivity contribution in [3.63, 3.8) is 0 Å². The lowest BCUT2D eigenvalue weighted by Gasteiger charge is -2.12. The molecule has 2 aromatic carbocycles. The van der Waals surface area contributed by atoms with Gasteiger partial charge in [0.05, 0.1) is 27.4 Å². The molecule has 2 rings (SSSR count). The number of hydrogen-bond acceptors (Lipinski definition) is 5. The minimum atomic E-state index is -0.203. The van der Waals surface area contributed by atoms with Gasteiger partial charge >= 0.3 is 0 Å². The number of hydrogen-bond donors (Lipinski definition) is 3. The number of methoxy groups -OCH3 is 2. The molecule has 0 fully saturated rings. The molecule has 3 N–H and O–H groups in total. The summed E-state index contributed by atoms with van der Waals surface area (Å²) in [6, 6.07) is 8.66. The molecule has 0 heterocycles. The van der Waals surface area contributed by atoms with Gasteiger partial charge in [-0.05, 0) is 29.3 Å². The highest BCUT2D eigenvalue weighted by atomic mass is 16.5. The average molecular weight is 316 g/mol. The van der Waals surface area contributed by atoms with Crippen LogP contribution in [0.3, 0.4) is 0 Å². The van der Waals surface area contributed by atoms with E-state index in [1.807, 2.05) is 12.2 Å². The van der Waals surface area contributed by atoms with E-state index in [4.69, 9.17) is 14.6 Å². The Labute approximate surface area is 135 Å². The van der Waals surface area contributed by atoms with E-state index >= 15 is 0 Å². The quantitative estimate of drug-likeness (QED) is 0.714. The molecule has 0 aliphatic carbocycles. The van der Waals surface area contributed by atoms with Crippen LogP contribution >= 0.6 is 0 Å². The van der Waals surface area contributed by atoms with E-state index in [-0.39, 0.29) is 19.0 Å². The van der Waals surface area contributed by atoms with Crippen LogP contribution in [0.15, 0.2) is 30.3 Å². The van der Waals surface area contributed by atoms with Gasteiger partial charge in [0.25, 0.3) is 0 Å². The highest BCUT2D eigenvalue weighted by molar-refractivity contribution is 5.72. The van der Waals surface area contributed by atoms with Crippen LogP contribution in [-0.4, -0.2) is 29.5 Å². The molecule has 0 saturated carbocycles. The Morgan fingerprint density at radius 3 is 2.13 bits per heavy atom. The van der Waals surface area contributed by atoms with Crippen molar-refractivity contribution in [1.29, 1.82) is 0 Å². The summed E-state index contributed by atoms with van der Waals surface area (Å²) in [7, 11) is 3.07. The molecule has 0 bridgehead atoms. The molecule has 0 spiro atoms. The monoisotopic (exact) mass is 316 g/mol. The van der Waals surface area contributed by atoms with Crippen LogP contribution in [0, 0.1) is 0 Å². The predicted octanol–water partition coefficient (Wildman–Crippen LogP) is 2.56. The number of benzene rings is 2. The van der Waals surface area contributed by atoms with Crippen molar-refractivity contribution >= 4 is 12.2 Å². The van der Waals surface area contributed by atoms with Gasteiger partial charge in [-0.2, -0.15) is 0 Å². The summed E-state index contributed by atoms with van der Waals surface area (Å²) in [5.41, 5.74) is 2.73. The summed E-state index contributed by atoms with van der Waals surface area (Å²) in [5, 5.41) is 28.3. The molecule has 0 unspecified atom stereocenters. The summed E-state index contributed by atoms with van der Waals surface area (Å²) < 4.78 is 10.5. The number of phenols is 1. The first-order valence-corrected chi connectivity index (χ1v) is 7.09. The minimum Gasteiger partial charge on any atom is -0.508 e. The van der Waals surface area contributed by atoms with Crippen LogP contribution in [0.1, 0.15) is 22.3 Å². The van der Waals surface area contributed by atoms with Gasteiger partial charge in [0.1, 0.15) is 5.75 Å². The number of aliphatic hydroxyl groups is 2. The van der Waals surface area contributed by atoms with E-state index in [2.05, 4.69) is 0 Å². The Hall–Kier alpha value is -2.50. The molecule has 0 aliphatic rings. The molecule has 0 aliphatic heterocycles. The Bertz CT molecular complexity index is 682. The van der Waals surface area contributed by atoms with E-state index < -0.39 is 0 Å². The summed E-state index contributed by atoms with van der Waals surface area (Å²) in [6.07, 6.45) is 3.66. The molecule has 0 amide bonds. The fourth-order valence-electron chi connectivity index (χ4n) is 2.29. The van der Waals surface area contributed by atoms with E-state index in [0.717, 1.165) is 11.1 Å². The number of rotatable bonds is 6. The normalized spacial score (nSPS) is 11.0. The third-order valence-electron chi connectivity index (χ3n) is 3.50. The van der Waals surface area contributed by atoms with E-state index in [1.165, 1.54) is 14.2 Å². The average Bonchev–Trinajstić information content (AvgIpc) is 2.58. The van der Waals surface area contributed by atoms with Crippen molar-refractivity contribution in [2.45, 2.75) is 13.2 Å². The van der Waals surface area contributed by atoms with Crippen LogP contribution in [0.2, 0.25) is 0 Å². The molecule has 0 saturated heterocycles. The molecule has 5 nitrogen and oxygen atoms in total. The fourth-order valence-corrected chi connectivity index (χ4v) is 2.29. The van der Waals surface area contributed by atoms with E-state index in [9.17, 15) is 10.2 Å². The molecule has 122 valence electrons. The van der Waals surface area contributed by atoms with Crippen molar-refractivity contribution in [3.8, 4) is 17.2 Å². The van der Waals surface area contributed by atoms with Crippen molar-refractivity contribution in [2.24, 2.45) is 0 Å². The van der Waals surface area contributed by atoms with Gasteiger partial charge in [0, 0.05) is 11.1 Å². The van der Waals surface area contributed by atoms with E-state index in [1.54, 1.807) is 30.3 Å². The number of aromatic hydroxyl groups is 1. The molecule has 2 aromatic rings. The minimum absolute atomic E-state index is 0.0537. The fraction of sp³-hybridized carbons (Fsp3) is 0.222. The van der Waals surface area contributed by atoms with Crippen LogP contribution in [0.4, 0.5) is 0 Å². The number of aliphatic hydroxyl groups excluding tert-OH is 2. The zero-order chi connectivity index (χ0) is 16.8. The van der Waals surface area contributed by atoms with E-state index in [0.29, 0.717) is 22.6 Å². The molecular weight excluding hydrogens is 296 g/mol. The Morgan fingerprint density at radius 1 is 0.870 bits per heavy atom. The lowest BCUT2D eigenvalue weighted by molar-refractivity contribution is 0.270. The third-order valence-corrected chi connectivity index (χ3v) is 3.50. The van der Waals surface area contributed by atoms with Crippen LogP contribution in [0.25, 0.3) is 12.2 Å². The zero-order valence-corrected chi connectivity index (χ0v) is 13.1. The third kappa shape index (κ3) is 3.83. The van der Waals surface area contributed by atoms with Gasteiger partial charge in [-0.25, -0.2) is 0 Å². The van der Waals surface area contributed by atoms with Crippen LogP contribution in [0.5, 0.6) is 17.2 Å². The molecule has 0 atom stereocenters. The summed E-state index contributed by atoms with van der Waals surface area (Å²) >= 11 is 0. The summed E-state index contributed by atoms with van der Waals surface area (Å²) in [5.74, 6) is 1.10. The second kappa shape index (κ2) is 7.67. The predicted molar refractivity (Wildman–Crippen MR) is 88.4 cm³/mol. The second-order valence-electron chi connectivity index (χ2n) is 4.95. The van der Waals surface area contributed by atoms with Gasteiger partial charge < -0.3 is 24.8 Å². The maximum atomic E-state index is 9.76. The van der Waals surface area contributed by atoms with Gasteiger partial charge in [-0.1, -0.05) is 24.3 Å². The molecule has 23 heavy (non-hydrogen) atoms. The highest BCUT2D eigenvalue weighted by Crippen LogP contribution is 2.33. The Morgan fingerprint density at radius 2 is 1.57 bits per heavy atom. The smallest absolute Gasteiger partial charge is 0.166 e. The first-order valence-electron chi connectivity index (χ1n) is 7.09. The van der Waals surface area contributed by atoms with Crippen LogP contribution in [-0.2, 0) is 13.2 Å². The number of ether oxygens (including phenoxy) is 2. The first-order chi connectivity index (χ1) is 11.1. The van der Waals surface area contributed by atoms with Crippen molar-refractivity contribution in [1.82, 2.24) is 0 Å². The summed E-state index contributed by atoms with van der Waals surface area (Å²) in [4.78, 5) is 0. The summed E-state index contributed by atoms with van der Waals surface area (Å²) in [6.45, 7) is -0.363. The Kier molecular flexibility index (Phi) is 5.62. The maximum Gasteiger partial charge on any atom is 0.166 e. The van der Waals surface area contributed by atoms with Crippen LogP contribution < -0.4 is 9.47 Å². The van der Waals surface area contributed by atoms with Crippen molar-refractivity contribution in [2.75, 3.05) is 14.2 Å². The largest absolute Gasteiger partial charge is 0.508 e. The highest BCUT2D eigenvalue weighted by Gasteiger charge is 2.10. The van der Waals surface area contributed by atoms with Crippen molar-refractivity contribution < 1.29 is 24.8 Å². The SMILES string of the molecule is COc1cc(/C=C\c2ccc(CO)c(O)c2)cc(CO)c1OC. The van der Waals surface area contributed by atoms with Gasteiger partial charge in [0.2, 0.25) is 0 Å². The lowest BCUT2D eigenvalue weighted by Crippen LogP contribution is -1.97. The zero-order valence-electron chi connectivity index (χ0n) is 13.1. The topological polar surface area (TPSA) is 79.2 Å². The van der Waals surface area contributed by atoms with Gasteiger partial charge in [-0.15, -0.1) is 0 Å². The lowest BCUT2D eigenvalue weighted by atomic mass is 10.1. The van der Waals surface area contributed by atoms with Gasteiger partial charge in [0.15, 0.2) is 11.5 Å². The standard InChI is InChI=1S/C18H20O5/c1-22-17-9-13(7-15(11-20)18(17)23-2)4-3-12-5-6-14(10-19)16(21)8-12/h3-9,19-21H,10-11H2,1-2H3/b4-3-. The molecule has 0 radical (unpaired) electrons. The molecule has 5 heteroatoms. The second-order valence-corrected chi connectivity index (χ2v) is 4.95. The Balaban J connectivity index is 2.34. The van der Waals surface area contributed by atoms with Gasteiger partial charge in [-0.3, -0.25) is 0 Å². The molecule has 0 aromatic heterocycles. The molecular formula is C18H20O5. The maximum absolute atomic E-state index is 9.76.